The lowest BCUT2D eigenvalue weighted by Crippen LogP contribution is -2.07. The number of nitrogens with zero attached hydrogens (tertiary/aromatic N) is 2. The molecule has 2 rings (SSSR count). The van der Waals surface area contributed by atoms with Crippen molar-refractivity contribution < 1.29 is 9.47 Å². The highest BCUT2D eigenvalue weighted by molar-refractivity contribution is 7.14. The Morgan fingerprint density at radius 1 is 1.11 bits per heavy atom. The van der Waals surface area contributed by atoms with E-state index in [0.717, 1.165) is 27.9 Å². The number of aromatic nitrogens is 1. The van der Waals surface area contributed by atoms with Crippen molar-refractivity contribution in [2.24, 2.45) is 0 Å². The first kappa shape index (κ1) is 12.7. The molecule has 0 aliphatic carbocycles. The fourth-order valence-electron chi connectivity index (χ4n) is 1.60. The van der Waals surface area contributed by atoms with Gasteiger partial charge in [0.25, 0.3) is 0 Å². The number of methoxy groups -OCH3 is 2. The Morgan fingerprint density at radius 2 is 1.83 bits per heavy atom. The highest BCUT2D eigenvalue weighted by atomic mass is 32.1. The Balaban J connectivity index is 2.38. The lowest BCUT2D eigenvalue weighted by molar-refractivity contribution is 0.355. The van der Waals surface area contributed by atoms with Crippen molar-refractivity contribution in [2.45, 2.75) is 0 Å². The maximum absolute atomic E-state index is 5.29. The van der Waals surface area contributed by atoms with E-state index in [-0.39, 0.29) is 0 Å². The Labute approximate surface area is 111 Å². The van der Waals surface area contributed by atoms with Crippen LogP contribution in [0.3, 0.4) is 0 Å². The molecule has 0 amide bonds. The van der Waals surface area contributed by atoms with Crippen molar-refractivity contribution in [3.63, 3.8) is 0 Å². The quantitative estimate of drug-likeness (QED) is 0.850. The molecule has 4 nitrogen and oxygen atoms in total. The molecule has 0 saturated carbocycles. The van der Waals surface area contributed by atoms with Gasteiger partial charge in [-0.25, -0.2) is 4.98 Å². The molecule has 0 saturated heterocycles. The van der Waals surface area contributed by atoms with E-state index < -0.39 is 0 Å². The SMILES string of the molecule is COc1ccc(-c2csc(N(C)C)n2)cc1OC. The Bertz CT molecular complexity index is 538. The van der Waals surface area contributed by atoms with Crippen molar-refractivity contribution in [2.75, 3.05) is 33.2 Å². The molecule has 1 aromatic carbocycles. The van der Waals surface area contributed by atoms with E-state index in [2.05, 4.69) is 4.98 Å². The van der Waals surface area contributed by atoms with Crippen LogP contribution in [-0.4, -0.2) is 33.3 Å². The summed E-state index contributed by atoms with van der Waals surface area (Å²) in [7, 11) is 7.23. The first-order valence-electron chi connectivity index (χ1n) is 5.51. The largest absolute Gasteiger partial charge is 0.493 e. The van der Waals surface area contributed by atoms with Crippen molar-refractivity contribution in [3.8, 4) is 22.8 Å². The van der Waals surface area contributed by atoms with Crippen molar-refractivity contribution >= 4 is 16.5 Å². The van der Waals surface area contributed by atoms with Gasteiger partial charge in [-0.15, -0.1) is 11.3 Å². The molecule has 0 bridgehead atoms. The van der Waals surface area contributed by atoms with Gasteiger partial charge in [0.15, 0.2) is 16.6 Å². The molecule has 0 radical (unpaired) electrons. The van der Waals surface area contributed by atoms with Gasteiger partial charge in [-0.1, -0.05) is 0 Å². The van der Waals surface area contributed by atoms with E-state index in [4.69, 9.17) is 9.47 Å². The molecule has 0 aliphatic heterocycles. The summed E-state index contributed by atoms with van der Waals surface area (Å²) < 4.78 is 10.5. The number of hydrogen-bond acceptors (Lipinski definition) is 5. The predicted molar refractivity (Wildman–Crippen MR) is 75.0 cm³/mol. The second-order valence-corrected chi connectivity index (χ2v) is 4.82. The highest BCUT2D eigenvalue weighted by Gasteiger charge is 2.09. The maximum Gasteiger partial charge on any atom is 0.185 e. The summed E-state index contributed by atoms with van der Waals surface area (Å²) in [6.45, 7) is 0. The van der Waals surface area contributed by atoms with Gasteiger partial charge in [0.2, 0.25) is 0 Å². The number of thiazole rings is 1. The Hall–Kier alpha value is -1.75. The molecule has 0 aliphatic rings. The Morgan fingerprint density at radius 3 is 2.39 bits per heavy atom. The number of anilines is 1. The monoisotopic (exact) mass is 264 g/mol. The number of benzene rings is 1. The molecule has 1 heterocycles. The lowest BCUT2D eigenvalue weighted by Gasteiger charge is -2.08. The van der Waals surface area contributed by atoms with Gasteiger partial charge in [0.05, 0.1) is 19.9 Å². The fraction of sp³-hybridized carbons (Fsp3) is 0.308. The van der Waals surface area contributed by atoms with E-state index in [0.29, 0.717) is 0 Å². The predicted octanol–water partition coefficient (Wildman–Crippen LogP) is 2.89. The van der Waals surface area contributed by atoms with Crippen LogP contribution in [0.2, 0.25) is 0 Å². The smallest absolute Gasteiger partial charge is 0.185 e. The van der Waals surface area contributed by atoms with Gasteiger partial charge in [-0.05, 0) is 18.2 Å². The molecule has 18 heavy (non-hydrogen) atoms. The first-order chi connectivity index (χ1) is 8.65. The molecular formula is C13H16N2O2S. The number of ether oxygens (including phenoxy) is 2. The third-order valence-electron chi connectivity index (χ3n) is 2.55. The minimum absolute atomic E-state index is 0.717. The summed E-state index contributed by atoms with van der Waals surface area (Å²) in [5.41, 5.74) is 1.97. The van der Waals surface area contributed by atoms with Gasteiger partial charge in [0.1, 0.15) is 0 Å². The zero-order valence-electron chi connectivity index (χ0n) is 10.9. The minimum Gasteiger partial charge on any atom is -0.493 e. The van der Waals surface area contributed by atoms with Crippen LogP contribution in [0.5, 0.6) is 11.5 Å². The molecule has 0 atom stereocenters. The van der Waals surface area contributed by atoms with E-state index in [1.807, 2.05) is 42.6 Å². The standard InChI is InChI=1S/C13H16N2O2S/c1-15(2)13-14-10(8-18-13)9-5-6-11(16-3)12(7-9)17-4/h5-8H,1-4H3. The third-order valence-corrected chi connectivity index (χ3v) is 3.56. The summed E-state index contributed by atoms with van der Waals surface area (Å²) in [4.78, 5) is 6.55. The molecular weight excluding hydrogens is 248 g/mol. The van der Waals surface area contributed by atoms with Crippen LogP contribution in [0.25, 0.3) is 11.3 Å². The van der Waals surface area contributed by atoms with Crippen LogP contribution in [0.1, 0.15) is 0 Å². The lowest BCUT2D eigenvalue weighted by atomic mass is 10.1. The van der Waals surface area contributed by atoms with Crippen LogP contribution in [0.15, 0.2) is 23.6 Å². The molecule has 5 heteroatoms. The van der Waals surface area contributed by atoms with Crippen molar-refractivity contribution in [1.82, 2.24) is 4.98 Å². The second kappa shape index (κ2) is 5.27. The van der Waals surface area contributed by atoms with Crippen molar-refractivity contribution in [1.29, 1.82) is 0 Å². The molecule has 1 aromatic heterocycles. The first-order valence-corrected chi connectivity index (χ1v) is 6.39. The normalized spacial score (nSPS) is 10.2. The van der Waals surface area contributed by atoms with Gasteiger partial charge >= 0.3 is 0 Å². The maximum atomic E-state index is 5.29. The van der Waals surface area contributed by atoms with Crippen LogP contribution in [0, 0.1) is 0 Å². The van der Waals surface area contributed by atoms with Gasteiger partial charge < -0.3 is 14.4 Å². The molecule has 0 unspecified atom stereocenters. The molecule has 0 spiro atoms. The van der Waals surface area contributed by atoms with E-state index in [9.17, 15) is 0 Å². The zero-order chi connectivity index (χ0) is 13.1. The summed E-state index contributed by atoms with van der Waals surface area (Å²) in [5.74, 6) is 1.44. The number of hydrogen-bond donors (Lipinski definition) is 0. The van der Waals surface area contributed by atoms with Crippen molar-refractivity contribution in [3.05, 3.63) is 23.6 Å². The molecule has 96 valence electrons. The highest BCUT2D eigenvalue weighted by Crippen LogP contribution is 2.33. The summed E-state index contributed by atoms with van der Waals surface area (Å²) in [6, 6.07) is 5.81. The topological polar surface area (TPSA) is 34.6 Å². The molecule has 2 aromatic rings. The van der Waals surface area contributed by atoms with Gasteiger partial charge in [0, 0.05) is 25.0 Å². The minimum atomic E-state index is 0.717. The van der Waals surface area contributed by atoms with Gasteiger partial charge in [-0.3, -0.25) is 0 Å². The fourth-order valence-corrected chi connectivity index (χ4v) is 2.37. The zero-order valence-corrected chi connectivity index (χ0v) is 11.7. The average molecular weight is 264 g/mol. The summed E-state index contributed by atoms with van der Waals surface area (Å²) in [6.07, 6.45) is 0. The second-order valence-electron chi connectivity index (χ2n) is 3.98. The van der Waals surface area contributed by atoms with E-state index in [1.54, 1.807) is 25.6 Å². The van der Waals surface area contributed by atoms with Crippen LogP contribution in [-0.2, 0) is 0 Å². The van der Waals surface area contributed by atoms with E-state index >= 15 is 0 Å². The van der Waals surface area contributed by atoms with Gasteiger partial charge in [-0.2, -0.15) is 0 Å². The summed E-state index contributed by atoms with van der Waals surface area (Å²) >= 11 is 1.62. The van der Waals surface area contributed by atoms with Crippen LogP contribution in [0.4, 0.5) is 5.13 Å². The molecule has 0 fully saturated rings. The van der Waals surface area contributed by atoms with E-state index in [1.165, 1.54) is 0 Å². The average Bonchev–Trinajstić information content (AvgIpc) is 2.87. The van der Waals surface area contributed by atoms with Crippen LogP contribution < -0.4 is 14.4 Å². The summed E-state index contributed by atoms with van der Waals surface area (Å²) in [5, 5.41) is 3.02. The third kappa shape index (κ3) is 2.41. The number of rotatable bonds is 4. The van der Waals surface area contributed by atoms with Crippen LogP contribution >= 0.6 is 11.3 Å². The Kier molecular flexibility index (Phi) is 3.72. The molecule has 0 N–H and O–H groups in total.